The number of ether oxygens (including phenoxy) is 1. The van der Waals surface area contributed by atoms with E-state index >= 15 is 0 Å². The number of urea groups is 1. The lowest BCUT2D eigenvalue weighted by Gasteiger charge is -2.41. The van der Waals surface area contributed by atoms with Crippen molar-refractivity contribution in [3.8, 4) is 6.07 Å². The van der Waals surface area contributed by atoms with Crippen LogP contribution in [-0.2, 0) is 22.1 Å². The molecule has 7 N–H and O–H groups in total. The zero-order valence-corrected chi connectivity index (χ0v) is 26.6. The Bertz CT molecular complexity index is 1440. The maximum Gasteiger partial charge on any atom is 0.451 e. The summed E-state index contributed by atoms with van der Waals surface area (Å²) in [6, 6.07) is 9.70. The standard InChI is InChI=1S/C31H42F3N11O3/c32-31(33,34)28-42-25(44-14-7-22(8-15-44)6-11-40-30(47)41-13-18-48-17-12-39-29(36)37)19-26(43-28)45-16-9-24(45)27(46)38-10-5-21-1-3-23(20-35)4-2-21/h1-4,19,22,24H,5-18H2,(H,38,46)(H4,36,37,39)(H2,40,41,47)/t24-/m0/s1. The Hall–Kier alpha value is -4.85. The first-order valence-corrected chi connectivity index (χ1v) is 15.9. The molecule has 17 heteroatoms. The van der Waals surface area contributed by atoms with Crippen LogP contribution in [-0.4, -0.2) is 92.9 Å². The molecule has 0 saturated carbocycles. The van der Waals surface area contributed by atoms with Gasteiger partial charge < -0.3 is 42.0 Å². The predicted octanol–water partition coefficient (Wildman–Crippen LogP) is 1.50. The van der Waals surface area contributed by atoms with E-state index in [1.54, 1.807) is 17.0 Å². The van der Waals surface area contributed by atoms with Crippen molar-refractivity contribution in [2.24, 2.45) is 22.4 Å². The van der Waals surface area contributed by atoms with Crippen molar-refractivity contribution in [1.29, 1.82) is 5.26 Å². The maximum absolute atomic E-state index is 13.9. The Morgan fingerprint density at radius 2 is 1.69 bits per heavy atom. The third-order valence-electron chi connectivity index (χ3n) is 8.20. The molecular weight excluding hydrogens is 631 g/mol. The molecule has 1 atom stereocenters. The predicted molar refractivity (Wildman–Crippen MR) is 173 cm³/mol. The van der Waals surface area contributed by atoms with Crippen molar-refractivity contribution < 1.29 is 27.5 Å². The number of nitrogens with zero attached hydrogens (tertiary/aromatic N) is 6. The lowest BCUT2D eigenvalue weighted by atomic mass is 9.93. The van der Waals surface area contributed by atoms with E-state index in [-0.39, 0.29) is 35.5 Å². The largest absolute Gasteiger partial charge is 0.451 e. The second-order valence-electron chi connectivity index (χ2n) is 11.6. The summed E-state index contributed by atoms with van der Waals surface area (Å²) in [6.45, 7) is 3.55. The summed E-state index contributed by atoms with van der Waals surface area (Å²) in [4.78, 5) is 39.8. The van der Waals surface area contributed by atoms with Crippen molar-refractivity contribution in [1.82, 2.24) is 25.9 Å². The van der Waals surface area contributed by atoms with Gasteiger partial charge in [0.05, 0.1) is 31.4 Å². The summed E-state index contributed by atoms with van der Waals surface area (Å²) in [5.74, 6) is -0.985. The van der Waals surface area contributed by atoms with Gasteiger partial charge in [-0.15, -0.1) is 0 Å². The number of piperidine rings is 1. The number of amides is 3. The average Bonchev–Trinajstić information content (AvgIpc) is 3.04. The van der Waals surface area contributed by atoms with Crippen LogP contribution >= 0.6 is 0 Å². The van der Waals surface area contributed by atoms with Gasteiger partial charge in [0.15, 0.2) is 5.96 Å². The number of alkyl halides is 3. The minimum Gasteiger partial charge on any atom is -0.378 e. The molecular formula is C31H42F3N11O3. The fourth-order valence-corrected chi connectivity index (χ4v) is 5.47. The number of aliphatic imine (C=N–C) groups is 1. The van der Waals surface area contributed by atoms with Gasteiger partial charge in [-0.1, -0.05) is 12.1 Å². The van der Waals surface area contributed by atoms with Crippen LogP contribution in [0.25, 0.3) is 0 Å². The smallest absolute Gasteiger partial charge is 0.378 e. The van der Waals surface area contributed by atoms with Crippen molar-refractivity contribution >= 4 is 29.5 Å². The van der Waals surface area contributed by atoms with Gasteiger partial charge in [-0.25, -0.2) is 14.8 Å². The number of hydrogen-bond acceptors (Lipinski definition) is 9. The Kier molecular flexibility index (Phi) is 13.0. The minimum absolute atomic E-state index is 0.00618. The number of guanidine groups is 1. The van der Waals surface area contributed by atoms with Crippen LogP contribution in [0.2, 0.25) is 0 Å². The number of benzene rings is 1. The number of carbonyl (C=O) groups is 2. The maximum atomic E-state index is 13.9. The van der Waals surface area contributed by atoms with E-state index in [1.807, 2.05) is 17.0 Å². The lowest BCUT2D eigenvalue weighted by Crippen LogP contribution is -2.57. The van der Waals surface area contributed by atoms with E-state index in [2.05, 4.69) is 37.0 Å². The zero-order chi connectivity index (χ0) is 34.5. The first-order chi connectivity index (χ1) is 23.0. The second kappa shape index (κ2) is 17.3. The fraction of sp³-hybridized carbons (Fsp3) is 0.548. The summed E-state index contributed by atoms with van der Waals surface area (Å²) in [6.07, 6.45) is -1.52. The molecule has 2 aromatic rings. The number of rotatable bonds is 15. The number of halogens is 3. The molecule has 1 aromatic carbocycles. The van der Waals surface area contributed by atoms with Gasteiger partial charge >= 0.3 is 12.2 Å². The Labute approximate surface area is 277 Å². The van der Waals surface area contributed by atoms with Crippen LogP contribution in [0.15, 0.2) is 35.3 Å². The van der Waals surface area contributed by atoms with Crippen LogP contribution in [0.4, 0.5) is 29.6 Å². The number of anilines is 2. The molecule has 0 aliphatic carbocycles. The molecule has 2 aliphatic heterocycles. The molecule has 260 valence electrons. The SMILES string of the molecule is N#Cc1ccc(CCNC(=O)[C@@H]2CCN2c2cc(N3CCC(CCNC(=O)NCCOCCN=C(N)N)CC3)nc(C(F)(F)F)n2)cc1. The van der Waals surface area contributed by atoms with Crippen LogP contribution in [0.1, 0.15) is 42.6 Å². The second-order valence-corrected chi connectivity index (χ2v) is 11.6. The third kappa shape index (κ3) is 10.9. The van der Waals surface area contributed by atoms with Crippen LogP contribution in [0.3, 0.4) is 0 Å². The van der Waals surface area contributed by atoms with E-state index in [0.717, 1.165) is 24.8 Å². The van der Waals surface area contributed by atoms with Gasteiger partial charge in [0.1, 0.15) is 17.7 Å². The van der Waals surface area contributed by atoms with Crippen LogP contribution in [0, 0.1) is 17.2 Å². The van der Waals surface area contributed by atoms with Gasteiger partial charge in [0, 0.05) is 45.3 Å². The number of nitrogens with two attached hydrogens (primary N) is 2. The summed E-state index contributed by atoms with van der Waals surface area (Å²) in [5, 5.41) is 17.3. The first kappa shape index (κ1) is 36.0. The number of nitrogens with one attached hydrogen (secondary N) is 3. The highest BCUT2D eigenvalue weighted by Gasteiger charge is 2.40. The van der Waals surface area contributed by atoms with Crippen LogP contribution < -0.4 is 37.2 Å². The first-order valence-electron chi connectivity index (χ1n) is 15.9. The summed E-state index contributed by atoms with van der Waals surface area (Å²) < 4.78 is 46.9. The van der Waals surface area contributed by atoms with E-state index in [4.69, 9.17) is 21.5 Å². The number of carbonyl (C=O) groups excluding carboxylic acids is 2. The molecule has 2 fully saturated rings. The molecule has 0 radical (unpaired) electrons. The van der Waals surface area contributed by atoms with Crippen molar-refractivity contribution in [3.05, 3.63) is 47.3 Å². The molecule has 48 heavy (non-hydrogen) atoms. The number of nitriles is 1. The number of aromatic nitrogens is 2. The Morgan fingerprint density at radius 3 is 2.33 bits per heavy atom. The Balaban J connectivity index is 1.23. The monoisotopic (exact) mass is 673 g/mol. The van der Waals surface area contributed by atoms with Crippen LogP contribution in [0.5, 0.6) is 0 Å². The lowest BCUT2D eigenvalue weighted by molar-refractivity contribution is -0.144. The molecule has 0 bridgehead atoms. The van der Waals surface area contributed by atoms with Gasteiger partial charge in [-0.3, -0.25) is 9.79 Å². The normalized spacial score (nSPS) is 16.4. The van der Waals surface area contributed by atoms with E-state index in [1.165, 1.54) is 6.07 Å². The van der Waals surface area contributed by atoms with Gasteiger partial charge in [-0.05, 0) is 55.7 Å². The highest BCUT2D eigenvalue weighted by atomic mass is 19.4. The van der Waals surface area contributed by atoms with E-state index < -0.39 is 18.0 Å². The third-order valence-corrected chi connectivity index (χ3v) is 8.20. The summed E-state index contributed by atoms with van der Waals surface area (Å²) in [5.41, 5.74) is 12.0. The van der Waals surface area contributed by atoms with Gasteiger partial charge in [-0.2, -0.15) is 18.4 Å². The van der Waals surface area contributed by atoms with Gasteiger partial charge in [0.2, 0.25) is 11.7 Å². The Morgan fingerprint density at radius 1 is 0.979 bits per heavy atom. The average molecular weight is 674 g/mol. The van der Waals surface area contributed by atoms with Crippen molar-refractivity contribution in [2.75, 3.05) is 68.8 Å². The topological polar surface area (TPSA) is 200 Å². The molecule has 3 heterocycles. The van der Waals surface area contributed by atoms with Gasteiger partial charge in [0.25, 0.3) is 0 Å². The zero-order valence-electron chi connectivity index (χ0n) is 26.6. The highest BCUT2D eigenvalue weighted by molar-refractivity contribution is 5.86. The molecule has 2 aliphatic rings. The molecule has 2 saturated heterocycles. The molecule has 4 rings (SSSR count). The molecule has 14 nitrogen and oxygen atoms in total. The summed E-state index contributed by atoms with van der Waals surface area (Å²) in [7, 11) is 0. The molecule has 3 amide bonds. The van der Waals surface area contributed by atoms with E-state index in [0.29, 0.717) is 77.4 Å². The van der Waals surface area contributed by atoms with Crippen molar-refractivity contribution in [2.45, 2.75) is 44.3 Å². The number of hydrogen-bond donors (Lipinski definition) is 5. The fourth-order valence-electron chi connectivity index (χ4n) is 5.47. The molecule has 0 unspecified atom stereocenters. The molecule has 0 spiro atoms. The highest BCUT2D eigenvalue weighted by Crippen LogP contribution is 2.34. The van der Waals surface area contributed by atoms with E-state index in [9.17, 15) is 22.8 Å². The summed E-state index contributed by atoms with van der Waals surface area (Å²) >= 11 is 0. The molecule has 1 aromatic heterocycles. The minimum atomic E-state index is -4.75. The quantitative estimate of drug-likeness (QED) is 0.105. The van der Waals surface area contributed by atoms with Crippen molar-refractivity contribution in [3.63, 3.8) is 0 Å².